The molecule has 0 aromatic heterocycles. The molecule has 2 heteroatoms. The maximum absolute atomic E-state index is 10.1. The number of hydrogen-bond acceptors (Lipinski definition) is 2. The molecule has 0 N–H and O–H groups in total. The Labute approximate surface area is 68.2 Å². The fourth-order valence-corrected chi connectivity index (χ4v) is 0.869. The van der Waals surface area contributed by atoms with Crippen LogP contribution in [0.4, 0.5) is 0 Å². The maximum atomic E-state index is 10.1. The van der Waals surface area contributed by atoms with Crippen LogP contribution < -0.4 is 0 Å². The van der Waals surface area contributed by atoms with E-state index in [4.69, 9.17) is 4.74 Å². The summed E-state index contributed by atoms with van der Waals surface area (Å²) in [6, 6.07) is 0. The first-order valence-corrected chi connectivity index (χ1v) is 3.88. The Morgan fingerprint density at radius 2 is 2.27 bits per heavy atom. The molecule has 0 spiro atoms. The predicted molar refractivity (Wildman–Crippen MR) is 45.5 cm³/mol. The molecule has 0 aliphatic rings. The smallest absolute Gasteiger partial charge is 0.124 e. The van der Waals surface area contributed by atoms with Crippen molar-refractivity contribution in [2.45, 2.75) is 32.8 Å². The molecule has 0 aromatic rings. The zero-order valence-corrected chi connectivity index (χ0v) is 7.46. The number of carbonyl (C=O) groups excluding carboxylic acids is 1. The van der Waals surface area contributed by atoms with Gasteiger partial charge >= 0.3 is 0 Å². The van der Waals surface area contributed by atoms with E-state index < -0.39 is 0 Å². The molecule has 0 radical (unpaired) electrons. The molecule has 0 aromatic carbocycles. The van der Waals surface area contributed by atoms with Crippen LogP contribution in [0, 0.1) is 0 Å². The largest absolute Gasteiger partial charge is 0.377 e. The highest BCUT2D eigenvalue weighted by atomic mass is 16.5. The SMILES string of the molecule is CCC(C=C(C)CC=O)OC. The lowest BCUT2D eigenvalue weighted by atomic mass is 10.1. The summed E-state index contributed by atoms with van der Waals surface area (Å²) in [6.45, 7) is 3.99. The lowest BCUT2D eigenvalue weighted by molar-refractivity contribution is -0.107. The molecule has 0 bridgehead atoms. The number of rotatable bonds is 5. The second-order valence-electron chi connectivity index (χ2n) is 2.57. The second-order valence-corrected chi connectivity index (χ2v) is 2.57. The normalized spacial score (nSPS) is 14.6. The van der Waals surface area contributed by atoms with Gasteiger partial charge in [-0.1, -0.05) is 18.6 Å². The van der Waals surface area contributed by atoms with Crippen molar-refractivity contribution in [3.05, 3.63) is 11.6 Å². The number of carbonyl (C=O) groups is 1. The Hall–Kier alpha value is -0.630. The minimum Gasteiger partial charge on any atom is -0.377 e. The van der Waals surface area contributed by atoms with Gasteiger partial charge in [0.15, 0.2) is 0 Å². The minimum absolute atomic E-state index is 0.162. The van der Waals surface area contributed by atoms with E-state index in [9.17, 15) is 4.79 Å². The van der Waals surface area contributed by atoms with Crippen LogP contribution in [0.5, 0.6) is 0 Å². The van der Waals surface area contributed by atoms with Gasteiger partial charge in [-0.05, 0) is 13.3 Å². The second kappa shape index (κ2) is 6.10. The maximum Gasteiger partial charge on any atom is 0.124 e. The van der Waals surface area contributed by atoms with Crippen LogP contribution in [0.2, 0.25) is 0 Å². The number of aldehydes is 1. The van der Waals surface area contributed by atoms with E-state index in [0.717, 1.165) is 18.3 Å². The van der Waals surface area contributed by atoms with Crippen molar-refractivity contribution in [3.8, 4) is 0 Å². The summed E-state index contributed by atoms with van der Waals surface area (Å²) in [4.78, 5) is 10.1. The molecule has 0 saturated carbocycles. The Kier molecular flexibility index (Phi) is 5.75. The zero-order valence-electron chi connectivity index (χ0n) is 7.46. The van der Waals surface area contributed by atoms with Gasteiger partial charge in [-0.15, -0.1) is 0 Å². The van der Waals surface area contributed by atoms with Gasteiger partial charge < -0.3 is 9.53 Å². The van der Waals surface area contributed by atoms with Crippen molar-refractivity contribution in [2.75, 3.05) is 7.11 Å². The topological polar surface area (TPSA) is 26.3 Å². The molecule has 0 aliphatic heterocycles. The van der Waals surface area contributed by atoms with E-state index in [2.05, 4.69) is 6.92 Å². The van der Waals surface area contributed by atoms with Gasteiger partial charge in [0, 0.05) is 13.5 Å². The summed E-state index contributed by atoms with van der Waals surface area (Å²) in [6.07, 6.45) is 4.53. The molecule has 0 amide bonds. The fraction of sp³-hybridized carbons (Fsp3) is 0.667. The lowest BCUT2D eigenvalue weighted by Crippen LogP contribution is -2.05. The zero-order chi connectivity index (χ0) is 8.69. The van der Waals surface area contributed by atoms with Gasteiger partial charge in [0.2, 0.25) is 0 Å². The molecule has 2 nitrogen and oxygen atoms in total. The molecule has 1 unspecified atom stereocenters. The highest BCUT2D eigenvalue weighted by molar-refractivity contribution is 5.53. The third-order valence-corrected chi connectivity index (χ3v) is 1.58. The standard InChI is InChI=1S/C9H16O2/c1-4-9(11-3)7-8(2)5-6-10/h6-7,9H,4-5H2,1-3H3. The first-order chi connectivity index (χ1) is 5.24. The quantitative estimate of drug-likeness (QED) is 0.449. The molecule has 0 rings (SSSR count). The highest BCUT2D eigenvalue weighted by Crippen LogP contribution is 2.04. The lowest BCUT2D eigenvalue weighted by Gasteiger charge is -2.07. The highest BCUT2D eigenvalue weighted by Gasteiger charge is 1.99. The molecule has 64 valence electrons. The Morgan fingerprint density at radius 1 is 1.64 bits per heavy atom. The molecular weight excluding hydrogens is 140 g/mol. The Morgan fingerprint density at radius 3 is 2.64 bits per heavy atom. The van der Waals surface area contributed by atoms with E-state index in [1.807, 2.05) is 13.0 Å². The van der Waals surface area contributed by atoms with Gasteiger partial charge in [0.05, 0.1) is 6.10 Å². The molecule has 0 fully saturated rings. The third-order valence-electron chi connectivity index (χ3n) is 1.58. The Bertz CT molecular complexity index is 134. The van der Waals surface area contributed by atoms with Crippen LogP contribution in [-0.2, 0) is 9.53 Å². The monoisotopic (exact) mass is 156 g/mol. The molecular formula is C9H16O2. The van der Waals surface area contributed by atoms with Crippen LogP contribution in [0.25, 0.3) is 0 Å². The van der Waals surface area contributed by atoms with Crippen molar-refractivity contribution in [1.29, 1.82) is 0 Å². The number of allylic oxidation sites excluding steroid dienone is 1. The van der Waals surface area contributed by atoms with E-state index >= 15 is 0 Å². The van der Waals surface area contributed by atoms with Gasteiger partial charge in [-0.2, -0.15) is 0 Å². The number of methoxy groups -OCH3 is 1. The predicted octanol–water partition coefficient (Wildman–Crippen LogP) is 1.95. The van der Waals surface area contributed by atoms with E-state index in [1.165, 1.54) is 0 Å². The van der Waals surface area contributed by atoms with Crippen molar-refractivity contribution < 1.29 is 9.53 Å². The van der Waals surface area contributed by atoms with Crippen molar-refractivity contribution in [2.24, 2.45) is 0 Å². The average Bonchev–Trinajstić information content (AvgIpc) is 2.01. The molecule has 0 heterocycles. The minimum atomic E-state index is 0.162. The van der Waals surface area contributed by atoms with Gasteiger partial charge in [-0.25, -0.2) is 0 Å². The molecule has 0 aliphatic carbocycles. The first-order valence-electron chi connectivity index (χ1n) is 3.88. The average molecular weight is 156 g/mol. The van der Waals surface area contributed by atoms with E-state index in [0.29, 0.717) is 6.42 Å². The molecule has 1 atom stereocenters. The van der Waals surface area contributed by atoms with Crippen LogP contribution in [0.3, 0.4) is 0 Å². The summed E-state index contributed by atoms with van der Waals surface area (Å²) in [5.41, 5.74) is 1.08. The summed E-state index contributed by atoms with van der Waals surface area (Å²) >= 11 is 0. The van der Waals surface area contributed by atoms with Crippen LogP contribution >= 0.6 is 0 Å². The van der Waals surface area contributed by atoms with Crippen molar-refractivity contribution in [3.63, 3.8) is 0 Å². The van der Waals surface area contributed by atoms with Crippen molar-refractivity contribution in [1.82, 2.24) is 0 Å². The molecule has 11 heavy (non-hydrogen) atoms. The first kappa shape index (κ1) is 10.4. The van der Waals surface area contributed by atoms with E-state index in [1.54, 1.807) is 7.11 Å². The van der Waals surface area contributed by atoms with Crippen LogP contribution in [0.15, 0.2) is 11.6 Å². The van der Waals surface area contributed by atoms with Crippen molar-refractivity contribution >= 4 is 6.29 Å². The number of hydrogen-bond donors (Lipinski definition) is 0. The Balaban J connectivity index is 3.91. The number of ether oxygens (including phenoxy) is 1. The summed E-state index contributed by atoms with van der Waals surface area (Å²) in [5.74, 6) is 0. The van der Waals surface area contributed by atoms with Gasteiger partial charge in [0.25, 0.3) is 0 Å². The van der Waals surface area contributed by atoms with E-state index in [-0.39, 0.29) is 6.10 Å². The fourth-order valence-electron chi connectivity index (χ4n) is 0.869. The third kappa shape index (κ3) is 4.73. The molecule has 0 saturated heterocycles. The summed E-state index contributed by atoms with van der Waals surface area (Å²) in [7, 11) is 1.68. The summed E-state index contributed by atoms with van der Waals surface area (Å²) in [5, 5.41) is 0. The van der Waals surface area contributed by atoms with Crippen LogP contribution in [0.1, 0.15) is 26.7 Å². The summed E-state index contributed by atoms with van der Waals surface area (Å²) < 4.78 is 5.12. The van der Waals surface area contributed by atoms with Gasteiger partial charge in [0.1, 0.15) is 6.29 Å². The van der Waals surface area contributed by atoms with Crippen LogP contribution in [-0.4, -0.2) is 19.5 Å². The van der Waals surface area contributed by atoms with Gasteiger partial charge in [-0.3, -0.25) is 0 Å².